The lowest BCUT2D eigenvalue weighted by atomic mass is 10.1. The summed E-state index contributed by atoms with van der Waals surface area (Å²) in [7, 11) is 1.94. The summed E-state index contributed by atoms with van der Waals surface area (Å²) >= 11 is 1.50. The van der Waals surface area contributed by atoms with E-state index in [0.29, 0.717) is 16.3 Å². The van der Waals surface area contributed by atoms with Gasteiger partial charge in [-0.2, -0.15) is 4.99 Å². The van der Waals surface area contributed by atoms with Gasteiger partial charge in [0.2, 0.25) is 6.10 Å². The second-order valence-electron chi connectivity index (χ2n) is 6.11. The fraction of sp³-hybridized carbons (Fsp3) is 0.263. The molecule has 25 heavy (non-hydrogen) atoms. The molecule has 2 heterocycles. The molecule has 0 spiro atoms. The minimum atomic E-state index is -0.719. The van der Waals surface area contributed by atoms with Gasteiger partial charge in [-0.15, -0.1) is 0 Å². The van der Waals surface area contributed by atoms with E-state index in [1.165, 1.54) is 22.5 Å². The monoisotopic (exact) mass is 354 g/mol. The van der Waals surface area contributed by atoms with Gasteiger partial charge >= 0.3 is 0 Å². The van der Waals surface area contributed by atoms with E-state index >= 15 is 0 Å². The Hall–Kier alpha value is -2.60. The predicted octanol–water partition coefficient (Wildman–Crippen LogP) is 3.12. The van der Waals surface area contributed by atoms with Crippen LogP contribution in [0, 0.1) is 13.8 Å². The number of ether oxygens (including phenoxy) is 2. The maximum absolute atomic E-state index is 12.6. The van der Waals surface area contributed by atoms with Crippen LogP contribution >= 0.6 is 11.3 Å². The number of nitrogens with zero attached hydrogens (tertiary/aromatic N) is 2. The Bertz CT molecular complexity index is 1050. The molecule has 1 atom stereocenters. The van der Waals surface area contributed by atoms with Gasteiger partial charge in [-0.25, -0.2) is 0 Å². The molecule has 1 aromatic heterocycles. The normalized spacial score (nSPS) is 17.1. The molecule has 3 aromatic rings. The minimum absolute atomic E-state index is 0.173. The Labute approximate surface area is 149 Å². The lowest BCUT2D eigenvalue weighted by molar-refractivity contribution is -0.127. The van der Waals surface area contributed by atoms with Crippen molar-refractivity contribution in [3.63, 3.8) is 0 Å². The van der Waals surface area contributed by atoms with Gasteiger partial charge in [0.05, 0.1) is 10.2 Å². The third kappa shape index (κ3) is 2.72. The highest BCUT2D eigenvalue weighted by Gasteiger charge is 2.27. The van der Waals surface area contributed by atoms with E-state index in [4.69, 9.17) is 9.47 Å². The van der Waals surface area contributed by atoms with Gasteiger partial charge in [0, 0.05) is 7.05 Å². The van der Waals surface area contributed by atoms with Crippen LogP contribution in [0.5, 0.6) is 11.5 Å². The molecule has 6 heteroatoms. The summed E-state index contributed by atoms with van der Waals surface area (Å²) in [4.78, 5) is 17.5. The number of hydrogen-bond donors (Lipinski definition) is 0. The molecule has 5 nitrogen and oxygen atoms in total. The van der Waals surface area contributed by atoms with E-state index in [0.717, 1.165) is 10.2 Å². The van der Waals surface area contributed by atoms with Gasteiger partial charge in [-0.05, 0) is 43.2 Å². The zero-order valence-corrected chi connectivity index (χ0v) is 15.1. The molecule has 0 saturated heterocycles. The van der Waals surface area contributed by atoms with Crippen LogP contribution in [0.15, 0.2) is 41.4 Å². The summed E-state index contributed by atoms with van der Waals surface area (Å²) in [5.74, 6) is 0.908. The number of hydrogen-bond acceptors (Lipinski definition) is 4. The summed E-state index contributed by atoms with van der Waals surface area (Å²) < 4.78 is 14.4. The SMILES string of the molecule is Cc1ccc2sc(=NC(=O)[C@H]3COc4ccccc4O3)n(C)c2c1C. The van der Waals surface area contributed by atoms with Gasteiger partial charge in [-0.1, -0.05) is 29.5 Å². The molecule has 0 N–H and O–H groups in total. The summed E-state index contributed by atoms with van der Waals surface area (Å²) in [6.45, 7) is 4.34. The van der Waals surface area contributed by atoms with E-state index in [1.807, 2.05) is 29.8 Å². The van der Waals surface area contributed by atoms with Crippen LogP contribution in [0.4, 0.5) is 0 Å². The standard InChI is InChI=1S/C19H18N2O3S/c1-11-8-9-16-17(12(11)2)21(3)19(25-16)20-18(22)15-10-23-13-6-4-5-7-14(13)24-15/h4-9,15H,10H2,1-3H3/t15-/m1/s1. The molecular formula is C19H18N2O3S. The number of carbonyl (C=O) groups is 1. The van der Waals surface area contributed by atoms with Crippen LogP contribution in [0.2, 0.25) is 0 Å². The van der Waals surface area contributed by atoms with Crippen LogP contribution in [0.25, 0.3) is 10.2 Å². The first-order valence-electron chi connectivity index (χ1n) is 8.07. The van der Waals surface area contributed by atoms with Crippen molar-refractivity contribution < 1.29 is 14.3 Å². The summed E-state index contributed by atoms with van der Waals surface area (Å²) in [6, 6.07) is 11.5. The predicted molar refractivity (Wildman–Crippen MR) is 97.2 cm³/mol. The van der Waals surface area contributed by atoms with E-state index in [-0.39, 0.29) is 12.5 Å². The molecule has 128 valence electrons. The Morgan fingerprint density at radius 1 is 1.20 bits per heavy atom. The third-order valence-corrected chi connectivity index (χ3v) is 5.58. The fourth-order valence-electron chi connectivity index (χ4n) is 2.94. The van der Waals surface area contributed by atoms with Crippen LogP contribution in [0.1, 0.15) is 11.1 Å². The lowest BCUT2D eigenvalue weighted by Gasteiger charge is -2.23. The highest BCUT2D eigenvalue weighted by molar-refractivity contribution is 7.16. The van der Waals surface area contributed by atoms with Gasteiger partial charge in [0.15, 0.2) is 16.3 Å². The molecule has 0 saturated carbocycles. The van der Waals surface area contributed by atoms with Gasteiger partial charge in [0.1, 0.15) is 6.61 Å². The number of carbonyl (C=O) groups excluding carboxylic acids is 1. The highest BCUT2D eigenvalue weighted by Crippen LogP contribution is 2.31. The molecule has 0 radical (unpaired) electrons. The molecule has 1 amide bonds. The summed E-state index contributed by atoms with van der Waals surface area (Å²) in [6.07, 6.45) is -0.719. The van der Waals surface area contributed by atoms with Crippen molar-refractivity contribution in [1.29, 1.82) is 0 Å². The zero-order valence-electron chi connectivity index (χ0n) is 14.3. The van der Waals surface area contributed by atoms with Crippen LogP contribution < -0.4 is 14.3 Å². The van der Waals surface area contributed by atoms with Crippen LogP contribution in [0.3, 0.4) is 0 Å². The number of thiazole rings is 1. The number of benzene rings is 2. The molecule has 4 rings (SSSR count). The largest absolute Gasteiger partial charge is 0.485 e. The first-order valence-corrected chi connectivity index (χ1v) is 8.89. The Kier molecular flexibility index (Phi) is 3.84. The number of para-hydroxylation sites is 2. The zero-order chi connectivity index (χ0) is 17.6. The number of aromatic nitrogens is 1. The average molecular weight is 354 g/mol. The van der Waals surface area contributed by atoms with Crippen LogP contribution in [-0.2, 0) is 11.8 Å². The van der Waals surface area contributed by atoms with Crippen molar-refractivity contribution in [3.05, 3.63) is 52.3 Å². The smallest absolute Gasteiger partial charge is 0.292 e. The first kappa shape index (κ1) is 15.9. The van der Waals surface area contributed by atoms with Crippen molar-refractivity contribution in [1.82, 2.24) is 4.57 Å². The van der Waals surface area contributed by atoms with Crippen molar-refractivity contribution >= 4 is 27.5 Å². The third-order valence-electron chi connectivity index (χ3n) is 4.48. The number of amides is 1. The van der Waals surface area contributed by atoms with Crippen molar-refractivity contribution in [2.45, 2.75) is 20.0 Å². The molecule has 0 unspecified atom stereocenters. The molecule has 2 aromatic carbocycles. The Morgan fingerprint density at radius 3 is 2.76 bits per heavy atom. The molecule has 0 bridgehead atoms. The number of rotatable bonds is 1. The molecule has 0 fully saturated rings. The molecule has 0 aliphatic carbocycles. The quantitative estimate of drug-likeness (QED) is 0.675. The molecule has 1 aliphatic rings. The van der Waals surface area contributed by atoms with Gasteiger partial charge < -0.3 is 14.0 Å². The Balaban J connectivity index is 1.70. The number of aryl methyl sites for hydroxylation is 3. The minimum Gasteiger partial charge on any atom is -0.485 e. The first-order chi connectivity index (χ1) is 12.0. The second-order valence-corrected chi connectivity index (χ2v) is 7.12. The summed E-state index contributed by atoms with van der Waals surface area (Å²) in [5.41, 5.74) is 3.54. The van der Waals surface area contributed by atoms with E-state index < -0.39 is 6.10 Å². The van der Waals surface area contributed by atoms with E-state index in [2.05, 4.69) is 31.0 Å². The van der Waals surface area contributed by atoms with Gasteiger partial charge in [-0.3, -0.25) is 4.79 Å². The topological polar surface area (TPSA) is 52.8 Å². The highest BCUT2D eigenvalue weighted by atomic mass is 32.1. The van der Waals surface area contributed by atoms with Crippen molar-refractivity contribution in [2.24, 2.45) is 12.0 Å². The summed E-state index contributed by atoms with van der Waals surface area (Å²) in [5, 5.41) is 0. The van der Waals surface area contributed by atoms with E-state index in [9.17, 15) is 4.79 Å². The van der Waals surface area contributed by atoms with Gasteiger partial charge in [0.25, 0.3) is 5.91 Å². The maximum atomic E-state index is 12.6. The van der Waals surface area contributed by atoms with E-state index in [1.54, 1.807) is 6.07 Å². The average Bonchev–Trinajstić information content (AvgIpc) is 2.94. The Morgan fingerprint density at radius 2 is 1.96 bits per heavy atom. The molecule has 1 aliphatic heterocycles. The van der Waals surface area contributed by atoms with Crippen molar-refractivity contribution in [2.75, 3.05) is 6.61 Å². The maximum Gasteiger partial charge on any atom is 0.292 e. The van der Waals surface area contributed by atoms with Crippen LogP contribution in [-0.4, -0.2) is 23.2 Å². The fourth-order valence-corrected chi connectivity index (χ4v) is 4.03. The second kappa shape index (κ2) is 6.04. The number of fused-ring (bicyclic) bond motifs is 2. The van der Waals surface area contributed by atoms with Crippen molar-refractivity contribution in [3.8, 4) is 11.5 Å². The lowest BCUT2D eigenvalue weighted by Crippen LogP contribution is -2.36. The molecular weight excluding hydrogens is 336 g/mol.